The summed E-state index contributed by atoms with van der Waals surface area (Å²) in [5, 5.41) is 0. The van der Waals surface area contributed by atoms with E-state index in [1.165, 1.54) is 0 Å². The van der Waals surface area contributed by atoms with Crippen molar-refractivity contribution in [2.75, 3.05) is 27.4 Å². The maximum atomic E-state index is 5.68. The monoisotopic (exact) mass is 269 g/mol. The van der Waals surface area contributed by atoms with E-state index in [1.807, 2.05) is 26.0 Å². The molecule has 5 nitrogen and oxygen atoms in total. The Hall–Kier alpha value is -1.46. The Bertz CT molecular complexity index is 368. The van der Waals surface area contributed by atoms with Gasteiger partial charge in [-0.25, -0.2) is 0 Å². The van der Waals surface area contributed by atoms with Crippen LogP contribution >= 0.6 is 0 Å². The van der Waals surface area contributed by atoms with Gasteiger partial charge in [0.15, 0.2) is 11.5 Å². The van der Waals surface area contributed by atoms with Crippen LogP contribution in [0.3, 0.4) is 0 Å². The van der Waals surface area contributed by atoms with Gasteiger partial charge in [-0.15, -0.1) is 0 Å². The lowest BCUT2D eigenvalue weighted by atomic mass is 10.2. The molecule has 0 unspecified atom stereocenters. The molecule has 0 heterocycles. The lowest BCUT2D eigenvalue weighted by Crippen LogP contribution is -2.12. The van der Waals surface area contributed by atoms with Crippen LogP contribution < -0.4 is 19.9 Å². The number of hydrogen-bond acceptors (Lipinski definition) is 5. The number of ether oxygens (including phenoxy) is 4. The van der Waals surface area contributed by atoms with Crippen LogP contribution in [0.25, 0.3) is 0 Å². The third-order valence-corrected chi connectivity index (χ3v) is 2.54. The summed E-state index contributed by atoms with van der Waals surface area (Å²) in [6, 6.07) is 3.70. The second-order valence-corrected chi connectivity index (χ2v) is 4.30. The van der Waals surface area contributed by atoms with Gasteiger partial charge in [0.25, 0.3) is 0 Å². The number of hydrogen-bond donors (Lipinski definition) is 1. The molecule has 0 aromatic heterocycles. The predicted octanol–water partition coefficient (Wildman–Crippen LogP) is 1.97. The standard InChI is InChI=1S/C14H23NO4/c1-10(2)18-5-6-19-14-12(16-3)7-11(9-15)8-13(14)17-4/h7-8,10H,5-6,9,15H2,1-4H3. The molecule has 0 atom stereocenters. The van der Waals surface area contributed by atoms with E-state index in [2.05, 4.69) is 0 Å². The van der Waals surface area contributed by atoms with E-state index in [0.717, 1.165) is 5.56 Å². The van der Waals surface area contributed by atoms with Crippen molar-refractivity contribution in [3.8, 4) is 17.2 Å². The van der Waals surface area contributed by atoms with Crippen LogP contribution in [0.4, 0.5) is 0 Å². The molecule has 19 heavy (non-hydrogen) atoms. The third-order valence-electron chi connectivity index (χ3n) is 2.54. The molecular formula is C14H23NO4. The first-order valence-electron chi connectivity index (χ1n) is 6.31. The fourth-order valence-corrected chi connectivity index (χ4v) is 1.62. The minimum Gasteiger partial charge on any atom is -0.493 e. The highest BCUT2D eigenvalue weighted by molar-refractivity contribution is 5.53. The summed E-state index contributed by atoms with van der Waals surface area (Å²) in [4.78, 5) is 0. The summed E-state index contributed by atoms with van der Waals surface area (Å²) in [6.07, 6.45) is 0.187. The molecule has 1 aromatic rings. The summed E-state index contributed by atoms with van der Waals surface area (Å²) in [6.45, 7) is 5.34. The highest BCUT2D eigenvalue weighted by Crippen LogP contribution is 2.38. The van der Waals surface area contributed by atoms with Gasteiger partial charge < -0.3 is 24.7 Å². The maximum Gasteiger partial charge on any atom is 0.203 e. The Balaban J connectivity index is 2.79. The van der Waals surface area contributed by atoms with Gasteiger partial charge >= 0.3 is 0 Å². The highest BCUT2D eigenvalue weighted by Gasteiger charge is 2.13. The molecule has 0 saturated carbocycles. The van der Waals surface area contributed by atoms with Gasteiger partial charge in [0, 0.05) is 6.54 Å². The lowest BCUT2D eigenvalue weighted by Gasteiger charge is -2.16. The van der Waals surface area contributed by atoms with E-state index in [0.29, 0.717) is 37.0 Å². The molecule has 0 aliphatic carbocycles. The Labute approximate surface area is 114 Å². The first-order valence-corrected chi connectivity index (χ1v) is 6.31. The first kappa shape index (κ1) is 15.6. The molecule has 0 saturated heterocycles. The van der Waals surface area contributed by atoms with Gasteiger partial charge in [0.2, 0.25) is 5.75 Å². The van der Waals surface area contributed by atoms with Crippen molar-refractivity contribution in [3.63, 3.8) is 0 Å². The van der Waals surface area contributed by atoms with Crippen molar-refractivity contribution >= 4 is 0 Å². The van der Waals surface area contributed by atoms with Crippen LogP contribution in [0, 0.1) is 0 Å². The number of methoxy groups -OCH3 is 2. The van der Waals surface area contributed by atoms with Crippen molar-refractivity contribution in [2.24, 2.45) is 5.73 Å². The summed E-state index contributed by atoms with van der Waals surface area (Å²) >= 11 is 0. The predicted molar refractivity (Wildman–Crippen MR) is 74.0 cm³/mol. The molecule has 1 aromatic carbocycles. The highest BCUT2D eigenvalue weighted by atomic mass is 16.6. The minimum absolute atomic E-state index is 0.187. The molecule has 0 bridgehead atoms. The Morgan fingerprint density at radius 1 is 1.05 bits per heavy atom. The molecule has 0 amide bonds. The normalized spacial score (nSPS) is 10.6. The van der Waals surface area contributed by atoms with Crippen LogP contribution in [0.1, 0.15) is 19.4 Å². The van der Waals surface area contributed by atoms with E-state index >= 15 is 0 Å². The molecular weight excluding hydrogens is 246 g/mol. The van der Waals surface area contributed by atoms with E-state index in [4.69, 9.17) is 24.7 Å². The molecule has 0 aliphatic heterocycles. The molecule has 0 aliphatic rings. The average Bonchev–Trinajstić information content (AvgIpc) is 2.42. The van der Waals surface area contributed by atoms with Crippen LogP contribution in [-0.4, -0.2) is 33.5 Å². The molecule has 0 spiro atoms. The van der Waals surface area contributed by atoms with E-state index in [9.17, 15) is 0 Å². The Morgan fingerprint density at radius 3 is 2.05 bits per heavy atom. The van der Waals surface area contributed by atoms with Crippen LogP contribution in [0.5, 0.6) is 17.2 Å². The third kappa shape index (κ3) is 4.61. The zero-order valence-electron chi connectivity index (χ0n) is 12.1. The first-order chi connectivity index (χ1) is 9.12. The van der Waals surface area contributed by atoms with Crippen LogP contribution in [0.2, 0.25) is 0 Å². The average molecular weight is 269 g/mol. The molecule has 0 fully saturated rings. The number of rotatable bonds is 8. The second-order valence-electron chi connectivity index (χ2n) is 4.30. The van der Waals surface area contributed by atoms with Gasteiger partial charge in [0.1, 0.15) is 6.61 Å². The fraction of sp³-hybridized carbons (Fsp3) is 0.571. The quantitative estimate of drug-likeness (QED) is 0.731. The molecule has 108 valence electrons. The van der Waals surface area contributed by atoms with Gasteiger partial charge in [-0.05, 0) is 31.5 Å². The number of benzene rings is 1. The molecule has 2 N–H and O–H groups in total. The Kier molecular flexibility index (Phi) is 6.45. The van der Waals surface area contributed by atoms with Gasteiger partial charge in [0.05, 0.1) is 26.9 Å². The second kappa shape index (κ2) is 7.86. The maximum absolute atomic E-state index is 5.68. The largest absolute Gasteiger partial charge is 0.493 e. The molecule has 1 rings (SSSR count). The summed E-state index contributed by atoms with van der Waals surface area (Å²) in [7, 11) is 3.18. The molecule has 0 radical (unpaired) electrons. The van der Waals surface area contributed by atoms with Gasteiger partial charge in [-0.3, -0.25) is 0 Å². The van der Waals surface area contributed by atoms with Gasteiger partial charge in [-0.1, -0.05) is 0 Å². The van der Waals surface area contributed by atoms with Crippen molar-refractivity contribution in [2.45, 2.75) is 26.5 Å². The minimum atomic E-state index is 0.187. The van der Waals surface area contributed by atoms with Crippen LogP contribution in [0.15, 0.2) is 12.1 Å². The Morgan fingerprint density at radius 2 is 1.63 bits per heavy atom. The topological polar surface area (TPSA) is 62.9 Å². The zero-order chi connectivity index (χ0) is 14.3. The SMILES string of the molecule is COc1cc(CN)cc(OC)c1OCCOC(C)C. The fourth-order valence-electron chi connectivity index (χ4n) is 1.62. The lowest BCUT2D eigenvalue weighted by molar-refractivity contribution is 0.0540. The zero-order valence-corrected chi connectivity index (χ0v) is 12.1. The summed E-state index contributed by atoms with van der Waals surface area (Å²) in [5.41, 5.74) is 6.56. The van der Waals surface area contributed by atoms with Crippen molar-refractivity contribution in [1.82, 2.24) is 0 Å². The van der Waals surface area contributed by atoms with Crippen LogP contribution in [-0.2, 0) is 11.3 Å². The summed E-state index contributed by atoms with van der Waals surface area (Å²) in [5.74, 6) is 1.81. The smallest absolute Gasteiger partial charge is 0.203 e. The van der Waals surface area contributed by atoms with Crippen molar-refractivity contribution in [1.29, 1.82) is 0 Å². The van der Waals surface area contributed by atoms with Gasteiger partial charge in [-0.2, -0.15) is 0 Å². The van der Waals surface area contributed by atoms with Crippen molar-refractivity contribution < 1.29 is 18.9 Å². The number of nitrogens with two attached hydrogens (primary N) is 1. The van der Waals surface area contributed by atoms with Crippen molar-refractivity contribution in [3.05, 3.63) is 17.7 Å². The summed E-state index contributed by atoms with van der Waals surface area (Å²) < 4.78 is 21.7. The van der Waals surface area contributed by atoms with E-state index in [1.54, 1.807) is 14.2 Å². The van der Waals surface area contributed by atoms with E-state index < -0.39 is 0 Å². The molecule has 5 heteroatoms. The van der Waals surface area contributed by atoms with E-state index in [-0.39, 0.29) is 6.10 Å².